The van der Waals surface area contributed by atoms with Gasteiger partial charge in [0.1, 0.15) is 6.61 Å². The molecule has 7 heteroatoms. The molecule has 0 aromatic carbocycles. The molecule has 2 N–H and O–H groups in total. The number of urea groups is 1. The number of nitrogens with one attached hydrogen (secondary N) is 1. The Morgan fingerprint density at radius 3 is 2.81 bits per heavy atom. The molecule has 0 aliphatic heterocycles. The van der Waals surface area contributed by atoms with Crippen LogP contribution in [0.5, 0.6) is 0 Å². The Labute approximate surface area is 93.6 Å². The molecule has 0 aromatic rings. The fourth-order valence-electron chi connectivity index (χ4n) is 0.844. The van der Waals surface area contributed by atoms with Crippen LogP contribution in [0.1, 0.15) is 6.42 Å². The van der Waals surface area contributed by atoms with E-state index in [1.54, 1.807) is 7.05 Å². The van der Waals surface area contributed by atoms with Crippen molar-refractivity contribution >= 4 is 12.0 Å². The van der Waals surface area contributed by atoms with E-state index in [-0.39, 0.29) is 32.2 Å². The number of aliphatic carboxylic acids is 1. The topological polar surface area (TPSA) is 103 Å². The number of amides is 2. The maximum Gasteiger partial charge on any atom is 0.329 e. The molecular formula is C9H15N3O4. The molecule has 0 saturated carbocycles. The lowest BCUT2D eigenvalue weighted by Gasteiger charge is -2.16. The Morgan fingerprint density at radius 1 is 1.56 bits per heavy atom. The van der Waals surface area contributed by atoms with E-state index in [0.29, 0.717) is 6.54 Å². The van der Waals surface area contributed by atoms with Gasteiger partial charge in [-0.15, -0.1) is 0 Å². The highest BCUT2D eigenvalue weighted by Crippen LogP contribution is 1.87. The van der Waals surface area contributed by atoms with Crippen LogP contribution in [-0.2, 0) is 9.53 Å². The third-order valence-corrected chi connectivity index (χ3v) is 1.65. The van der Waals surface area contributed by atoms with Crippen LogP contribution in [0.15, 0.2) is 0 Å². The van der Waals surface area contributed by atoms with E-state index in [1.165, 1.54) is 4.90 Å². The van der Waals surface area contributed by atoms with Gasteiger partial charge in [0.25, 0.3) is 0 Å². The van der Waals surface area contributed by atoms with Gasteiger partial charge in [-0.3, -0.25) is 0 Å². The second-order valence-electron chi connectivity index (χ2n) is 3.01. The lowest BCUT2D eigenvalue weighted by Crippen LogP contribution is -2.39. The standard InChI is InChI=1S/C9H15N3O4/c1-12(5-2-3-10)9(15)11-4-6-16-7-8(13)14/h2,4-7H2,1H3,(H,11,15)(H,13,14). The highest BCUT2D eigenvalue weighted by atomic mass is 16.5. The van der Waals surface area contributed by atoms with Crippen molar-refractivity contribution in [2.45, 2.75) is 6.42 Å². The van der Waals surface area contributed by atoms with Crippen molar-refractivity contribution < 1.29 is 19.4 Å². The quantitative estimate of drug-likeness (QED) is 0.580. The number of nitriles is 1. The van der Waals surface area contributed by atoms with Crippen molar-refractivity contribution in [1.29, 1.82) is 5.26 Å². The van der Waals surface area contributed by atoms with Crippen LogP contribution < -0.4 is 5.32 Å². The van der Waals surface area contributed by atoms with Gasteiger partial charge in [0.2, 0.25) is 0 Å². The molecule has 0 unspecified atom stereocenters. The summed E-state index contributed by atoms with van der Waals surface area (Å²) < 4.78 is 4.72. The normalized spacial score (nSPS) is 9.25. The lowest BCUT2D eigenvalue weighted by atomic mass is 10.4. The largest absolute Gasteiger partial charge is 0.480 e. The van der Waals surface area contributed by atoms with Crippen LogP contribution in [0.25, 0.3) is 0 Å². The van der Waals surface area contributed by atoms with E-state index in [0.717, 1.165) is 0 Å². The van der Waals surface area contributed by atoms with Crippen LogP contribution in [0.2, 0.25) is 0 Å². The molecule has 90 valence electrons. The summed E-state index contributed by atoms with van der Waals surface area (Å²) in [6.45, 7) is 0.367. The predicted molar refractivity (Wildman–Crippen MR) is 54.7 cm³/mol. The molecule has 0 spiro atoms. The van der Waals surface area contributed by atoms with Crippen molar-refractivity contribution in [2.24, 2.45) is 0 Å². The third kappa shape index (κ3) is 7.58. The molecular weight excluding hydrogens is 214 g/mol. The molecule has 16 heavy (non-hydrogen) atoms. The molecule has 0 aliphatic rings. The average Bonchev–Trinajstić information content (AvgIpc) is 2.24. The number of carboxylic acids is 1. The van der Waals surface area contributed by atoms with Crippen molar-refractivity contribution in [2.75, 3.05) is 33.4 Å². The molecule has 2 amide bonds. The Bertz CT molecular complexity index is 274. The van der Waals surface area contributed by atoms with Crippen molar-refractivity contribution in [3.63, 3.8) is 0 Å². The molecule has 0 heterocycles. The first-order valence-electron chi connectivity index (χ1n) is 4.73. The Hall–Kier alpha value is -1.81. The lowest BCUT2D eigenvalue weighted by molar-refractivity contribution is -0.142. The number of hydrogen-bond acceptors (Lipinski definition) is 4. The fourth-order valence-corrected chi connectivity index (χ4v) is 0.844. The van der Waals surface area contributed by atoms with E-state index >= 15 is 0 Å². The summed E-state index contributed by atoms with van der Waals surface area (Å²) in [4.78, 5) is 22.7. The van der Waals surface area contributed by atoms with Gasteiger partial charge in [0.15, 0.2) is 0 Å². The second kappa shape index (κ2) is 8.49. The summed E-state index contributed by atoms with van der Waals surface area (Å²) >= 11 is 0. The number of hydrogen-bond donors (Lipinski definition) is 2. The molecule has 0 rings (SSSR count). The van der Waals surface area contributed by atoms with Gasteiger partial charge in [0, 0.05) is 20.1 Å². The van der Waals surface area contributed by atoms with E-state index in [9.17, 15) is 9.59 Å². The first kappa shape index (κ1) is 14.2. The molecule has 0 radical (unpaired) electrons. The summed E-state index contributed by atoms with van der Waals surface area (Å²) in [5.41, 5.74) is 0. The summed E-state index contributed by atoms with van der Waals surface area (Å²) in [5, 5.41) is 19.1. The minimum absolute atomic E-state index is 0.143. The summed E-state index contributed by atoms with van der Waals surface area (Å²) in [7, 11) is 1.57. The van der Waals surface area contributed by atoms with Gasteiger partial charge in [-0.2, -0.15) is 5.26 Å². The SMILES string of the molecule is CN(CCC#N)C(=O)NCCOCC(=O)O. The number of carbonyl (C=O) groups excluding carboxylic acids is 1. The zero-order valence-electron chi connectivity index (χ0n) is 9.10. The molecule has 7 nitrogen and oxygen atoms in total. The summed E-state index contributed by atoms with van der Waals surface area (Å²) in [6.07, 6.45) is 0.277. The molecule has 0 aliphatic carbocycles. The third-order valence-electron chi connectivity index (χ3n) is 1.65. The average molecular weight is 229 g/mol. The number of carboxylic acid groups (broad SMARTS) is 1. The minimum atomic E-state index is -1.04. The van der Waals surface area contributed by atoms with Crippen molar-refractivity contribution in [1.82, 2.24) is 10.2 Å². The van der Waals surface area contributed by atoms with Crippen LogP contribution in [0, 0.1) is 11.3 Å². The highest BCUT2D eigenvalue weighted by Gasteiger charge is 2.06. The first-order chi connectivity index (χ1) is 7.57. The van der Waals surface area contributed by atoms with Crippen LogP contribution in [0.4, 0.5) is 4.79 Å². The second-order valence-corrected chi connectivity index (χ2v) is 3.01. The number of ether oxygens (including phenoxy) is 1. The van der Waals surface area contributed by atoms with Gasteiger partial charge >= 0.3 is 12.0 Å². The Kier molecular flexibility index (Phi) is 7.53. The van der Waals surface area contributed by atoms with E-state index in [1.807, 2.05) is 6.07 Å². The maximum atomic E-state index is 11.3. The van der Waals surface area contributed by atoms with Crippen LogP contribution in [0.3, 0.4) is 0 Å². The number of carbonyl (C=O) groups is 2. The van der Waals surface area contributed by atoms with E-state index in [4.69, 9.17) is 15.1 Å². The van der Waals surface area contributed by atoms with Gasteiger partial charge < -0.3 is 20.1 Å². The predicted octanol–water partition coefficient (Wildman–Crippen LogP) is -0.357. The van der Waals surface area contributed by atoms with Crippen molar-refractivity contribution in [3.8, 4) is 6.07 Å². The van der Waals surface area contributed by atoms with Crippen molar-refractivity contribution in [3.05, 3.63) is 0 Å². The first-order valence-corrected chi connectivity index (χ1v) is 4.73. The van der Waals surface area contributed by atoms with E-state index < -0.39 is 5.97 Å². The van der Waals surface area contributed by atoms with Gasteiger partial charge in [-0.05, 0) is 0 Å². The number of rotatable bonds is 7. The number of nitrogens with zero attached hydrogens (tertiary/aromatic N) is 2. The molecule has 0 bridgehead atoms. The molecule has 0 saturated heterocycles. The minimum Gasteiger partial charge on any atom is -0.480 e. The zero-order valence-corrected chi connectivity index (χ0v) is 9.10. The Balaban J connectivity index is 3.50. The highest BCUT2D eigenvalue weighted by molar-refractivity contribution is 5.73. The van der Waals surface area contributed by atoms with Gasteiger partial charge in [-0.25, -0.2) is 9.59 Å². The maximum absolute atomic E-state index is 11.3. The summed E-state index contributed by atoms with van der Waals surface area (Å²) in [6, 6.07) is 1.62. The van der Waals surface area contributed by atoms with Gasteiger partial charge in [0.05, 0.1) is 19.1 Å². The molecule has 0 fully saturated rings. The molecule has 0 atom stereocenters. The monoisotopic (exact) mass is 229 g/mol. The van der Waals surface area contributed by atoms with E-state index in [2.05, 4.69) is 5.32 Å². The van der Waals surface area contributed by atoms with Crippen LogP contribution >= 0.6 is 0 Å². The smallest absolute Gasteiger partial charge is 0.329 e. The van der Waals surface area contributed by atoms with Gasteiger partial charge in [-0.1, -0.05) is 0 Å². The fraction of sp³-hybridized carbons (Fsp3) is 0.667. The van der Waals surface area contributed by atoms with Crippen LogP contribution in [-0.4, -0.2) is 55.4 Å². The Morgan fingerprint density at radius 2 is 2.25 bits per heavy atom. The molecule has 0 aromatic heterocycles. The zero-order chi connectivity index (χ0) is 12.4. The summed E-state index contributed by atoms with van der Waals surface area (Å²) in [5.74, 6) is -1.04.